The molecule has 0 radical (unpaired) electrons. The number of nitrogens with two attached hydrogens (primary N) is 1. The van der Waals surface area contributed by atoms with E-state index in [-0.39, 0.29) is 11.9 Å². The lowest BCUT2D eigenvalue weighted by Crippen LogP contribution is -2.38. The van der Waals surface area contributed by atoms with Crippen LogP contribution in [0.4, 0.5) is 0 Å². The number of amides is 1. The summed E-state index contributed by atoms with van der Waals surface area (Å²) >= 11 is 0. The van der Waals surface area contributed by atoms with Crippen molar-refractivity contribution in [2.75, 3.05) is 0 Å². The third kappa shape index (κ3) is 3.12. The predicted molar refractivity (Wildman–Crippen MR) is 59.8 cm³/mol. The first-order valence-electron chi connectivity index (χ1n) is 4.72. The normalized spacial score (nSPS) is 13.7. The highest BCUT2D eigenvalue weighted by Gasteiger charge is 2.16. The van der Waals surface area contributed by atoms with Gasteiger partial charge in [-0.15, -0.1) is 6.42 Å². The Morgan fingerprint density at radius 2 is 2.07 bits per heavy atom. The van der Waals surface area contributed by atoms with E-state index in [0.717, 1.165) is 5.56 Å². The summed E-state index contributed by atoms with van der Waals surface area (Å²) in [5, 5.41) is 2.63. The van der Waals surface area contributed by atoms with Gasteiger partial charge in [-0.05, 0) is 12.5 Å². The number of hydrogen-bond acceptors (Lipinski definition) is 2. The van der Waals surface area contributed by atoms with Gasteiger partial charge >= 0.3 is 0 Å². The Hall–Kier alpha value is -1.79. The SMILES string of the molecule is C#CC(C)NC(=O)[C@@H](N)c1ccccc1. The van der Waals surface area contributed by atoms with Crippen molar-refractivity contribution in [1.82, 2.24) is 5.32 Å². The molecule has 0 heterocycles. The molecule has 15 heavy (non-hydrogen) atoms. The van der Waals surface area contributed by atoms with Crippen LogP contribution in [0.3, 0.4) is 0 Å². The molecule has 1 unspecified atom stereocenters. The van der Waals surface area contributed by atoms with Crippen molar-refractivity contribution in [2.24, 2.45) is 5.73 Å². The van der Waals surface area contributed by atoms with Gasteiger partial charge in [-0.2, -0.15) is 0 Å². The molecule has 3 nitrogen and oxygen atoms in total. The summed E-state index contributed by atoms with van der Waals surface area (Å²) in [5.74, 6) is 2.16. The molecular formula is C12H14N2O. The van der Waals surface area contributed by atoms with E-state index in [0.29, 0.717) is 0 Å². The maximum absolute atomic E-state index is 11.6. The average molecular weight is 202 g/mol. The van der Waals surface area contributed by atoms with Gasteiger partial charge in [0, 0.05) is 0 Å². The lowest BCUT2D eigenvalue weighted by molar-refractivity contribution is -0.122. The summed E-state index contributed by atoms with van der Waals surface area (Å²) in [5.41, 5.74) is 6.54. The molecule has 0 aliphatic rings. The molecule has 0 saturated carbocycles. The molecule has 1 amide bonds. The summed E-state index contributed by atoms with van der Waals surface area (Å²) in [6.07, 6.45) is 5.15. The minimum atomic E-state index is -0.665. The molecule has 0 aromatic heterocycles. The van der Waals surface area contributed by atoms with E-state index in [4.69, 9.17) is 12.2 Å². The fourth-order valence-corrected chi connectivity index (χ4v) is 1.16. The highest BCUT2D eigenvalue weighted by atomic mass is 16.2. The van der Waals surface area contributed by atoms with E-state index in [1.807, 2.05) is 30.3 Å². The van der Waals surface area contributed by atoms with Gasteiger partial charge in [0.05, 0.1) is 6.04 Å². The highest BCUT2D eigenvalue weighted by molar-refractivity contribution is 5.83. The van der Waals surface area contributed by atoms with Crippen molar-refractivity contribution in [1.29, 1.82) is 0 Å². The van der Waals surface area contributed by atoms with E-state index in [1.54, 1.807) is 6.92 Å². The van der Waals surface area contributed by atoms with Gasteiger partial charge in [-0.25, -0.2) is 0 Å². The quantitative estimate of drug-likeness (QED) is 0.713. The van der Waals surface area contributed by atoms with Gasteiger partial charge in [-0.1, -0.05) is 36.3 Å². The maximum atomic E-state index is 11.6. The number of rotatable bonds is 3. The molecule has 3 N–H and O–H groups in total. The molecule has 0 saturated heterocycles. The average Bonchev–Trinajstić information content (AvgIpc) is 2.29. The van der Waals surface area contributed by atoms with Crippen LogP contribution in [0, 0.1) is 12.3 Å². The number of hydrogen-bond donors (Lipinski definition) is 2. The highest BCUT2D eigenvalue weighted by Crippen LogP contribution is 2.09. The minimum Gasteiger partial charge on any atom is -0.341 e. The summed E-state index contributed by atoms with van der Waals surface area (Å²) in [7, 11) is 0. The Morgan fingerprint density at radius 1 is 1.47 bits per heavy atom. The third-order valence-electron chi connectivity index (χ3n) is 2.05. The smallest absolute Gasteiger partial charge is 0.242 e. The largest absolute Gasteiger partial charge is 0.341 e. The Bertz CT molecular complexity index is 367. The predicted octanol–water partition coefficient (Wildman–Crippen LogP) is 0.824. The molecule has 0 aliphatic heterocycles. The second-order valence-electron chi connectivity index (χ2n) is 3.29. The van der Waals surface area contributed by atoms with E-state index < -0.39 is 6.04 Å². The van der Waals surface area contributed by atoms with Gasteiger partial charge in [0.15, 0.2) is 0 Å². The number of nitrogens with one attached hydrogen (secondary N) is 1. The van der Waals surface area contributed by atoms with Gasteiger partial charge in [0.1, 0.15) is 6.04 Å². The van der Waals surface area contributed by atoms with E-state index in [2.05, 4.69) is 11.2 Å². The number of terminal acetylenes is 1. The second kappa shape index (κ2) is 5.18. The Labute approximate surface area is 89.7 Å². The van der Waals surface area contributed by atoms with Gasteiger partial charge in [0.25, 0.3) is 0 Å². The van der Waals surface area contributed by atoms with E-state index in [1.165, 1.54) is 0 Å². The minimum absolute atomic E-state index is 0.258. The fourth-order valence-electron chi connectivity index (χ4n) is 1.16. The van der Waals surface area contributed by atoms with E-state index in [9.17, 15) is 4.79 Å². The molecule has 1 rings (SSSR count). The van der Waals surface area contributed by atoms with Crippen LogP contribution in [0.2, 0.25) is 0 Å². The molecule has 0 aliphatic carbocycles. The first-order chi connectivity index (χ1) is 7.15. The summed E-state index contributed by atoms with van der Waals surface area (Å²) in [6.45, 7) is 1.73. The zero-order valence-corrected chi connectivity index (χ0v) is 8.60. The molecular weight excluding hydrogens is 188 g/mol. The molecule has 0 spiro atoms. The molecule has 78 valence electrons. The number of carbonyl (C=O) groups is 1. The first-order valence-corrected chi connectivity index (χ1v) is 4.72. The van der Waals surface area contributed by atoms with Gasteiger partial charge in [-0.3, -0.25) is 4.79 Å². The van der Waals surface area contributed by atoms with Crippen molar-refractivity contribution in [2.45, 2.75) is 19.0 Å². The number of benzene rings is 1. The standard InChI is InChI=1S/C12H14N2O/c1-3-9(2)14-12(15)11(13)10-7-5-4-6-8-10/h1,4-9,11H,13H2,2H3,(H,14,15)/t9?,11-/m0/s1. The lowest BCUT2D eigenvalue weighted by Gasteiger charge is -2.14. The topological polar surface area (TPSA) is 55.1 Å². The van der Waals surface area contributed by atoms with Crippen LogP contribution in [0.5, 0.6) is 0 Å². The van der Waals surface area contributed by atoms with Crippen molar-refractivity contribution in [3.05, 3.63) is 35.9 Å². The van der Waals surface area contributed by atoms with Crippen LogP contribution in [-0.2, 0) is 4.79 Å². The monoisotopic (exact) mass is 202 g/mol. The molecule has 0 bridgehead atoms. The number of carbonyl (C=O) groups excluding carboxylic acids is 1. The third-order valence-corrected chi connectivity index (χ3v) is 2.05. The van der Waals surface area contributed by atoms with E-state index >= 15 is 0 Å². The Morgan fingerprint density at radius 3 is 2.60 bits per heavy atom. The van der Waals surface area contributed by atoms with Crippen LogP contribution >= 0.6 is 0 Å². The molecule has 3 heteroatoms. The fraction of sp³-hybridized carbons (Fsp3) is 0.250. The molecule has 0 fully saturated rings. The summed E-state index contributed by atoms with van der Waals surface area (Å²) in [4.78, 5) is 11.6. The molecule has 1 aromatic rings. The Kier molecular flexibility index (Phi) is 3.90. The van der Waals surface area contributed by atoms with Gasteiger partial charge < -0.3 is 11.1 Å². The van der Waals surface area contributed by atoms with Crippen molar-refractivity contribution in [3.8, 4) is 12.3 Å². The summed E-state index contributed by atoms with van der Waals surface area (Å²) < 4.78 is 0. The van der Waals surface area contributed by atoms with Crippen molar-refractivity contribution in [3.63, 3.8) is 0 Å². The van der Waals surface area contributed by atoms with Crippen LogP contribution in [-0.4, -0.2) is 11.9 Å². The first kappa shape index (κ1) is 11.3. The molecule has 1 aromatic carbocycles. The van der Waals surface area contributed by atoms with Crippen LogP contribution in [0.25, 0.3) is 0 Å². The van der Waals surface area contributed by atoms with Gasteiger partial charge in [0.2, 0.25) is 5.91 Å². The van der Waals surface area contributed by atoms with Crippen LogP contribution < -0.4 is 11.1 Å². The zero-order valence-electron chi connectivity index (χ0n) is 8.60. The summed E-state index contributed by atoms with van der Waals surface area (Å²) in [6, 6.07) is 8.21. The van der Waals surface area contributed by atoms with Crippen LogP contribution in [0.15, 0.2) is 30.3 Å². The molecule has 2 atom stereocenters. The van der Waals surface area contributed by atoms with Crippen LogP contribution in [0.1, 0.15) is 18.5 Å². The van der Waals surface area contributed by atoms with Crippen molar-refractivity contribution >= 4 is 5.91 Å². The van der Waals surface area contributed by atoms with Crippen molar-refractivity contribution < 1.29 is 4.79 Å². The Balaban J connectivity index is 2.66. The lowest BCUT2D eigenvalue weighted by atomic mass is 10.1. The maximum Gasteiger partial charge on any atom is 0.242 e. The zero-order chi connectivity index (χ0) is 11.3. The second-order valence-corrected chi connectivity index (χ2v) is 3.29.